The summed E-state index contributed by atoms with van der Waals surface area (Å²) >= 11 is 10.0. The largest absolute Gasteiger partial charge is 0.346 e. The fourth-order valence-corrected chi connectivity index (χ4v) is 2.17. The molecule has 4 nitrogen and oxygen atoms in total. The zero-order valence-corrected chi connectivity index (χ0v) is 11.6. The molecular weight excluding hydrogens is 326 g/mol. The van der Waals surface area contributed by atoms with E-state index < -0.39 is 0 Å². The summed E-state index contributed by atoms with van der Waals surface area (Å²) in [6, 6.07) is 7.70. The number of hydrogen-bond donors (Lipinski definition) is 1. The highest BCUT2D eigenvalue weighted by molar-refractivity contribution is 9.10. The number of halogens is 2. The summed E-state index contributed by atoms with van der Waals surface area (Å²) in [6.07, 6.45) is 0. The molecule has 0 fully saturated rings. The second kappa shape index (κ2) is 5.57. The van der Waals surface area contributed by atoms with Crippen LogP contribution in [-0.4, -0.2) is 16.1 Å². The normalized spacial score (nSPS) is 10.2. The van der Waals surface area contributed by atoms with Gasteiger partial charge >= 0.3 is 0 Å². The molecule has 0 aliphatic heterocycles. The van der Waals surface area contributed by atoms with Crippen LogP contribution in [0.25, 0.3) is 0 Å². The first kappa shape index (κ1) is 12.5. The van der Waals surface area contributed by atoms with Crippen molar-refractivity contribution in [2.45, 2.75) is 6.54 Å². The molecule has 0 bridgehead atoms. The van der Waals surface area contributed by atoms with Crippen molar-refractivity contribution in [3.8, 4) is 0 Å². The molecule has 0 radical (unpaired) electrons. The molecule has 0 spiro atoms. The van der Waals surface area contributed by atoms with Gasteiger partial charge in [0.1, 0.15) is 0 Å². The van der Waals surface area contributed by atoms with Crippen molar-refractivity contribution in [1.82, 2.24) is 15.5 Å². The highest BCUT2D eigenvalue weighted by Crippen LogP contribution is 2.15. The van der Waals surface area contributed by atoms with E-state index in [0.717, 1.165) is 21.4 Å². The number of nitrogens with one attached hydrogen (secondary N) is 1. The fourth-order valence-electron chi connectivity index (χ4n) is 1.16. The Morgan fingerprint density at radius 2 is 2.06 bits per heavy atom. The van der Waals surface area contributed by atoms with Crippen molar-refractivity contribution in [2.24, 2.45) is 0 Å². The molecule has 1 N–H and O–H groups in total. The molecule has 2 aromatic rings. The van der Waals surface area contributed by atoms with E-state index in [1.54, 1.807) is 0 Å². The third kappa shape index (κ3) is 3.49. The van der Waals surface area contributed by atoms with Gasteiger partial charge in [0.15, 0.2) is 0 Å². The quantitative estimate of drug-likeness (QED) is 0.940. The average Bonchev–Trinajstić information content (AvgIpc) is 2.75. The molecule has 0 atom stereocenters. The number of hydrogen-bond acceptors (Lipinski definition) is 4. The second-order valence-corrected chi connectivity index (χ2v) is 5.64. The third-order valence-corrected chi connectivity index (χ3v) is 3.51. The molecule has 0 saturated carbocycles. The highest BCUT2D eigenvalue weighted by atomic mass is 79.9. The van der Waals surface area contributed by atoms with Crippen molar-refractivity contribution in [3.05, 3.63) is 43.8 Å². The van der Waals surface area contributed by atoms with Crippen LogP contribution >= 0.6 is 38.9 Å². The maximum absolute atomic E-state index is 11.6. The van der Waals surface area contributed by atoms with Crippen molar-refractivity contribution in [3.63, 3.8) is 0 Å². The topological polar surface area (TPSA) is 54.9 Å². The van der Waals surface area contributed by atoms with Gasteiger partial charge in [-0.3, -0.25) is 4.79 Å². The van der Waals surface area contributed by atoms with Crippen LogP contribution in [0.3, 0.4) is 0 Å². The molecular formula is C10H7BrClN3OS. The lowest BCUT2D eigenvalue weighted by atomic mass is 10.2. The Labute approximate surface area is 115 Å². The Hall–Kier alpha value is -0.980. The maximum Gasteiger partial charge on any atom is 0.282 e. The van der Waals surface area contributed by atoms with Gasteiger partial charge in [0.2, 0.25) is 9.47 Å². The standard InChI is InChI=1S/C10H7BrClN3OS/c11-7-3-1-6(2-4-7)5-13-8(16)9-14-15-10(12)17-9/h1-4H,5H2,(H,13,16). The molecule has 17 heavy (non-hydrogen) atoms. The lowest BCUT2D eigenvalue weighted by molar-refractivity contribution is 0.0950. The van der Waals surface area contributed by atoms with E-state index in [4.69, 9.17) is 11.6 Å². The predicted octanol–water partition coefficient (Wildman–Crippen LogP) is 2.88. The number of amides is 1. The van der Waals surface area contributed by atoms with Gasteiger partial charge in [-0.25, -0.2) is 0 Å². The number of benzene rings is 1. The summed E-state index contributed by atoms with van der Waals surface area (Å²) in [5.41, 5.74) is 1.01. The lowest BCUT2D eigenvalue weighted by Gasteiger charge is -2.02. The SMILES string of the molecule is O=C(NCc1ccc(Br)cc1)c1nnc(Cl)s1. The van der Waals surface area contributed by atoms with E-state index >= 15 is 0 Å². The Kier molecular flexibility index (Phi) is 4.09. The third-order valence-electron chi connectivity index (χ3n) is 1.96. The molecule has 1 amide bonds. The summed E-state index contributed by atoms with van der Waals surface area (Å²) in [6.45, 7) is 0.448. The van der Waals surface area contributed by atoms with Crippen LogP contribution in [0.4, 0.5) is 0 Å². The van der Waals surface area contributed by atoms with Crippen molar-refractivity contribution in [2.75, 3.05) is 0 Å². The van der Waals surface area contributed by atoms with E-state index in [1.807, 2.05) is 24.3 Å². The van der Waals surface area contributed by atoms with Gasteiger partial charge in [0, 0.05) is 11.0 Å². The molecule has 88 valence electrons. The zero-order chi connectivity index (χ0) is 12.3. The second-order valence-electron chi connectivity index (χ2n) is 3.17. The first-order chi connectivity index (χ1) is 8.15. The van der Waals surface area contributed by atoms with Crippen LogP contribution in [0.5, 0.6) is 0 Å². The van der Waals surface area contributed by atoms with Crippen molar-refractivity contribution in [1.29, 1.82) is 0 Å². The minimum absolute atomic E-state index is 0.263. The maximum atomic E-state index is 11.6. The van der Waals surface area contributed by atoms with E-state index in [1.165, 1.54) is 0 Å². The van der Waals surface area contributed by atoms with E-state index in [-0.39, 0.29) is 15.4 Å². The molecule has 2 rings (SSSR count). The number of aromatic nitrogens is 2. The molecule has 7 heteroatoms. The monoisotopic (exact) mass is 331 g/mol. The Balaban J connectivity index is 1.94. The predicted molar refractivity (Wildman–Crippen MR) is 70.2 cm³/mol. The highest BCUT2D eigenvalue weighted by Gasteiger charge is 2.11. The van der Waals surface area contributed by atoms with Gasteiger partial charge in [0.05, 0.1) is 0 Å². The van der Waals surface area contributed by atoms with Crippen LogP contribution < -0.4 is 5.32 Å². The zero-order valence-electron chi connectivity index (χ0n) is 8.48. The van der Waals surface area contributed by atoms with Crippen LogP contribution in [0.15, 0.2) is 28.7 Å². The summed E-state index contributed by atoms with van der Waals surface area (Å²) in [5.74, 6) is -0.266. The summed E-state index contributed by atoms with van der Waals surface area (Å²) in [7, 11) is 0. The van der Waals surface area contributed by atoms with Crippen LogP contribution in [0.2, 0.25) is 4.47 Å². The number of carbonyl (C=O) groups is 1. The van der Waals surface area contributed by atoms with E-state index in [9.17, 15) is 4.79 Å². The first-order valence-electron chi connectivity index (χ1n) is 4.67. The molecule has 0 aliphatic carbocycles. The van der Waals surface area contributed by atoms with Crippen molar-refractivity contribution < 1.29 is 4.79 Å². The summed E-state index contributed by atoms with van der Waals surface area (Å²) in [4.78, 5) is 11.6. The van der Waals surface area contributed by atoms with E-state index in [0.29, 0.717) is 6.54 Å². The van der Waals surface area contributed by atoms with Gasteiger partial charge < -0.3 is 5.32 Å². The summed E-state index contributed by atoms with van der Waals surface area (Å²) < 4.78 is 1.27. The van der Waals surface area contributed by atoms with Crippen LogP contribution in [0, 0.1) is 0 Å². The van der Waals surface area contributed by atoms with Crippen LogP contribution in [0.1, 0.15) is 15.4 Å². The van der Waals surface area contributed by atoms with Crippen LogP contribution in [-0.2, 0) is 6.54 Å². The van der Waals surface area contributed by atoms with Gasteiger partial charge in [0.25, 0.3) is 5.91 Å². The minimum Gasteiger partial charge on any atom is -0.346 e. The molecule has 0 saturated heterocycles. The number of rotatable bonds is 3. The lowest BCUT2D eigenvalue weighted by Crippen LogP contribution is -2.22. The molecule has 0 unspecified atom stereocenters. The van der Waals surface area contributed by atoms with Gasteiger partial charge in [-0.05, 0) is 29.3 Å². The first-order valence-corrected chi connectivity index (χ1v) is 6.65. The van der Waals surface area contributed by atoms with Gasteiger partial charge in [-0.15, -0.1) is 10.2 Å². The molecule has 1 aromatic carbocycles. The molecule has 0 aliphatic rings. The summed E-state index contributed by atoms with van der Waals surface area (Å²) in [5, 5.41) is 10.2. The van der Waals surface area contributed by atoms with Crippen molar-refractivity contribution >= 4 is 44.8 Å². The Morgan fingerprint density at radius 3 is 2.65 bits per heavy atom. The number of nitrogens with zero attached hydrogens (tertiary/aromatic N) is 2. The van der Waals surface area contributed by atoms with Gasteiger partial charge in [-0.2, -0.15) is 0 Å². The fraction of sp³-hybridized carbons (Fsp3) is 0.100. The molecule has 1 aromatic heterocycles. The number of carbonyl (C=O) groups excluding carboxylic acids is 1. The van der Waals surface area contributed by atoms with E-state index in [2.05, 4.69) is 31.4 Å². The Bertz CT molecular complexity index is 529. The van der Waals surface area contributed by atoms with Gasteiger partial charge in [-0.1, -0.05) is 39.4 Å². The smallest absolute Gasteiger partial charge is 0.282 e. The molecule has 1 heterocycles. The average molecular weight is 333 g/mol. The minimum atomic E-state index is -0.266. The Morgan fingerprint density at radius 1 is 1.35 bits per heavy atom.